The maximum atomic E-state index is 11.9. The summed E-state index contributed by atoms with van der Waals surface area (Å²) in [6.45, 7) is 2.66. The molecular formula is C22H24N2O3. The fraction of sp³-hybridized carbons (Fsp3) is 0.227. The molecule has 0 saturated heterocycles. The van der Waals surface area contributed by atoms with E-state index in [4.69, 9.17) is 15.2 Å². The zero-order valence-corrected chi connectivity index (χ0v) is 15.9. The van der Waals surface area contributed by atoms with Gasteiger partial charge in [0.25, 0.3) is 5.91 Å². The van der Waals surface area contributed by atoms with Crippen molar-refractivity contribution in [3.8, 4) is 22.8 Å². The number of aromatic nitrogens is 1. The molecule has 0 aliphatic rings. The molecule has 140 valence electrons. The van der Waals surface area contributed by atoms with E-state index >= 15 is 0 Å². The summed E-state index contributed by atoms with van der Waals surface area (Å²) in [5.74, 6) is 1.19. The second-order valence-corrected chi connectivity index (χ2v) is 6.37. The van der Waals surface area contributed by atoms with Gasteiger partial charge in [-0.05, 0) is 49.2 Å². The first kappa shape index (κ1) is 18.6. The smallest absolute Gasteiger partial charge is 0.250 e. The summed E-state index contributed by atoms with van der Waals surface area (Å²) in [6.07, 6.45) is 0.828. The number of aryl methyl sites for hydroxylation is 1. The average Bonchev–Trinajstić information content (AvgIpc) is 3.03. The summed E-state index contributed by atoms with van der Waals surface area (Å²) in [5.41, 5.74) is 10.1. The molecule has 0 saturated carbocycles. The molecule has 27 heavy (non-hydrogen) atoms. The predicted octanol–water partition coefficient (Wildman–Crippen LogP) is 3.82. The lowest BCUT2D eigenvalue weighted by Gasteiger charge is -2.13. The third kappa shape index (κ3) is 3.97. The SMILES string of the molecule is COc1ccc(CCn2c(-c3cccc(OC)c3)cc(C(N)=O)c2C)cc1. The van der Waals surface area contributed by atoms with Crippen LogP contribution in [0.15, 0.2) is 54.6 Å². The van der Waals surface area contributed by atoms with Crippen LogP contribution in [0.1, 0.15) is 21.6 Å². The van der Waals surface area contributed by atoms with Crippen LogP contribution in [0.4, 0.5) is 0 Å². The Kier molecular flexibility index (Phi) is 5.50. The monoisotopic (exact) mass is 364 g/mol. The number of nitrogens with zero attached hydrogens (tertiary/aromatic N) is 1. The van der Waals surface area contributed by atoms with E-state index in [9.17, 15) is 4.79 Å². The number of ether oxygens (including phenoxy) is 2. The Bertz CT molecular complexity index is 943. The van der Waals surface area contributed by atoms with Gasteiger partial charge in [-0.2, -0.15) is 0 Å². The number of nitrogens with two attached hydrogens (primary N) is 1. The fourth-order valence-electron chi connectivity index (χ4n) is 3.24. The maximum Gasteiger partial charge on any atom is 0.250 e. The molecule has 2 aromatic carbocycles. The van der Waals surface area contributed by atoms with Crippen LogP contribution < -0.4 is 15.2 Å². The zero-order valence-electron chi connectivity index (χ0n) is 15.9. The van der Waals surface area contributed by atoms with Crippen molar-refractivity contribution in [3.63, 3.8) is 0 Å². The number of carbonyl (C=O) groups is 1. The quantitative estimate of drug-likeness (QED) is 0.693. The fourth-order valence-corrected chi connectivity index (χ4v) is 3.24. The van der Waals surface area contributed by atoms with Crippen molar-refractivity contribution in [1.29, 1.82) is 0 Å². The average molecular weight is 364 g/mol. The molecule has 5 nitrogen and oxygen atoms in total. The minimum Gasteiger partial charge on any atom is -0.497 e. The number of primary amides is 1. The number of hydrogen-bond donors (Lipinski definition) is 1. The summed E-state index contributed by atoms with van der Waals surface area (Å²) < 4.78 is 12.7. The van der Waals surface area contributed by atoms with Crippen molar-refractivity contribution in [1.82, 2.24) is 4.57 Å². The zero-order chi connectivity index (χ0) is 19.4. The predicted molar refractivity (Wildman–Crippen MR) is 106 cm³/mol. The first-order valence-corrected chi connectivity index (χ1v) is 8.80. The minimum atomic E-state index is -0.417. The number of amides is 1. The molecule has 3 rings (SSSR count). The molecule has 0 spiro atoms. The Morgan fingerprint density at radius 3 is 2.33 bits per heavy atom. The number of benzene rings is 2. The lowest BCUT2D eigenvalue weighted by Crippen LogP contribution is -2.13. The Morgan fingerprint density at radius 2 is 1.70 bits per heavy atom. The lowest BCUT2D eigenvalue weighted by molar-refractivity contribution is 0.0999. The molecule has 0 atom stereocenters. The summed E-state index contributed by atoms with van der Waals surface area (Å²) in [7, 11) is 3.30. The van der Waals surface area contributed by atoms with Crippen molar-refractivity contribution >= 4 is 5.91 Å². The molecular weight excluding hydrogens is 340 g/mol. The third-order valence-electron chi connectivity index (χ3n) is 4.78. The van der Waals surface area contributed by atoms with E-state index in [1.54, 1.807) is 14.2 Å². The number of hydrogen-bond acceptors (Lipinski definition) is 3. The molecule has 0 bridgehead atoms. The van der Waals surface area contributed by atoms with Crippen LogP contribution in [-0.4, -0.2) is 24.7 Å². The maximum absolute atomic E-state index is 11.9. The summed E-state index contributed by atoms with van der Waals surface area (Å²) in [4.78, 5) is 11.9. The highest BCUT2D eigenvalue weighted by Crippen LogP contribution is 2.29. The Labute approximate surface area is 159 Å². The van der Waals surface area contributed by atoms with Gasteiger partial charge in [0.1, 0.15) is 11.5 Å². The van der Waals surface area contributed by atoms with Crippen LogP contribution in [0.25, 0.3) is 11.3 Å². The molecule has 0 unspecified atom stereocenters. The van der Waals surface area contributed by atoms with Gasteiger partial charge in [0.15, 0.2) is 0 Å². The van der Waals surface area contributed by atoms with Gasteiger partial charge in [-0.15, -0.1) is 0 Å². The van der Waals surface area contributed by atoms with Crippen molar-refractivity contribution < 1.29 is 14.3 Å². The largest absolute Gasteiger partial charge is 0.497 e. The summed E-state index contributed by atoms with van der Waals surface area (Å²) in [6, 6.07) is 17.7. The van der Waals surface area contributed by atoms with Gasteiger partial charge in [-0.25, -0.2) is 0 Å². The van der Waals surface area contributed by atoms with Gasteiger partial charge in [0, 0.05) is 23.5 Å². The van der Waals surface area contributed by atoms with Crippen LogP contribution in [0.3, 0.4) is 0 Å². The van der Waals surface area contributed by atoms with Crippen molar-refractivity contribution in [3.05, 3.63) is 71.4 Å². The van der Waals surface area contributed by atoms with Crippen molar-refractivity contribution in [2.45, 2.75) is 19.9 Å². The Balaban J connectivity index is 1.95. The van der Waals surface area contributed by atoms with Gasteiger partial charge in [0.2, 0.25) is 0 Å². The molecule has 0 fully saturated rings. The Morgan fingerprint density at radius 1 is 1.00 bits per heavy atom. The summed E-state index contributed by atoms with van der Waals surface area (Å²) >= 11 is 0. The van der Waals surface area contributed by atoms with E-state index in [0.29, 0.717) is 5.56 Å². The minimum absolute atomic E-state index is 0.417. The van der Waals surface area contributed by atoms with E-state index in [1.165, 1.54) is 5.56 Å². The van der Waals surface area contributed by atoms with Crippen LogP contribution in [0.5, 0.6) is 11.5 Å². The van der Waals surface area contributed by atoms with Crippen LogP contribution >= 0.6 is 0 Å². The number of carbonyl (C=O) groups excluding carboxylic acids is 1. The van der Waals surface area contributed by atoms with Gasteiger partial charge < -0.3 is 19.8 Å². The van der Waals surface area contributed by atoms with E-state index in [2.05, 4.69) is 16.7 Å². The number of rotatable bonds is 7. The third-order valence-corrected chi connectivity index (χ3v) is 4.78. The first-order valence-electron chi connectivity index (χ1n) is 8.80. The highest BCUT2D eigenvalue weighted by atomic mass is 16.5. The van der Waals surface area contributed by atoms with E-state index in [0.717, 1.165) is 41.4 Å². The van der Waals surface area contributed by atoms with Gasteiger partial charge in [0.05, 0.1) is 19.8 Å². The highest BCUT2D eigenvalue weighted by molar-refractivity contribution is 5.95. The van der Waals surface area contributed by atoms with Gasteiger partial charge in [-0.1, -0.05) is 24.3 Å². The second-order valence-electron chi connectivity index (χ2n) is 6.37. The molecule has 3 aromatic rings. The summed E-state index contributed by atoms with van der Waals surface area (Å²) in [5, 5.41) is 0. The Hall–Kier alpha value is -3.21. The lowest BCUT2D eigenvalue weighted by atomic mass is 10.1. The van der Waals surface area contributed by atoms with Crippen LogP contribution in [0, 0.1) is 6.92 Å². The van der Waals surface area contributed by atoms with Gasteiger partial charge >= 0.3 is 0 Å². The highest BCUT2D eigenvalue weighted by Gasteiger charge is 2.17. The molecule has 1 amide bonds. The van der Waals surface area contributed by atoms with Crippen LogP contribution in [0.2, 0.25) is 0 Å². The molecule has 0 radical (unpaired) electrons. The standard InChI is InChI=1S/C22H24N2O3/c1-15-20(22(23)25)14-21(17-5-4-6-19(13-17)27-3)24(15)12-11-16-7-9-18(26-2)10-8-16/h4-10,13-14H,11-12H2,1-3H3,(H2,23,25). The molecule has 0 aliphatic heterocycles. The normalized spacial score (nSPS) is 10.6. The molecule has 1 aromatic heterocycles. The van der Waals surface area contributed by atoms with Gasteiger partial charge in [-0.3, -0.25) is 4.79 Å². The van der Waals surface area contributed by atoms with Crippen LogP contribution in [-0.2, 0) is 13.0 Å². The number of methoxy groups -OCH3 is 2. The molecule has 1 heterocycles. The van der Waals surface area contributed by atoms with E-state index < -0.39 is 5.91 Å². The molecule has 5 heteroatoms. The van der Waals surface area contributed by atoms with E-state index in [-0.39, 0.29) is 0 Å². The molecule has 0 aliphatic carbocycles. The van der Waals surface area contributed by atoms with Crippen molar-refractivity contribution in [2.24, 2.45) is 5.73 Å². The topological polar surface area (TPSA) is 66.5 Å². The van der Waals surface area contributed by atoms with Crippen molar-refractivity contribution in [2.75, 3.05) is 14.2 Å². The van der Waals surface area contributed by atoms with E-state index in [1.807, 2.05) is 49.4 Å². The molecule has 2 N–H and O–H groups in total. The second kappa shape index (κ2) is 7.99. The first-order chi connectivity index (χ1) is 13.0.